The van der Waals surface area contributed by atoms with Gasteiger partial charge in [0.1, 0.15) is 0 Å². The maximum atomic E-state index is 12.8. The van der Waals surface area contributed by atoms with Gasteiger partial charge in [0.25, 0.3) is 5.91 Å². The number of carbonyl (C=O) groups excluding carboxylic acids is 1. The third-order valence-electron chi connectivity index (χ3n) is 4.20. The van der Waals surface area contributed by atoms with E-state index >= 15 is 0 Å². The van der Waals surface area contributed by atoms with Crippen LogP contribution in [0.1, 0.15) is 28.9 Å². The molecule has 1 atom stereocenters. The summed E-state index contributed by atoms with van der Waals surface area (Å²) in [6, 6.07) is 9.32. The summed E-state index contributed by atoms with van der Waals surface area (Å²) >= 11 is 0. The highest BCUT2D eigenvalue weighted by Gasteiger charge is 2.22. The molecule has 2 N–H and O–H groups in total. The molecule has 2 rings (SSSR count). The lowest BCUT2D eigenvalue weighted by Crippen LogP contribution is -2.30. The average molecular weight is 414 g/mol. The summed E-state index contributed by atoms with van der Waals surface area (Å²) in [5.41, 5.74) is 0.647. The zero-order valence-corrected chi connectivity index (χ0v) is 16.2. The first-order chi connectivity index (χ1) is 13.0. The predicted molar refractivity (Wildman–Crippen MR) is 97.9 cm³/mol. The molecular weight excluding hydrogens is 394 g/mol. The van der Waals surface area contributed by atoms with E-state index in [0.717, 1.165) is 6.07 Å². The van der Waals surface area contributed by atoms with Crippen LogP contribution in [0.2, 0.25) is 0 Å². The van der Waals surface area contributed by atoms with Crippen molar-refractivity contribution < 1.29 is 31.5 Å². The quantitative estimate of drug-likeness (QED) is 0.751. The molecule has 28 heavy (non-hydrogen) atoms. The van der Waals surface area contributed by atoms with Gasteiger partial charge < -0.3 is 14.4 Å². The molecule has 7 nitrogen and oxygen atoms in total. The Morgan fingerprint density at radius 2 is 1.82 bits per heavy atom. The van der Waals surface area contributed by atoms with Crippen LogP contribution in [0.15, 0.2) is 47.4 Å². The molecule has 0 radical (unpaired) electrons. The number of benzene rings is 2. The van der Waals surface area contributed by atoms with Crippen LogP contribution in [-0.4, -0.2) is 40.0 Å². The SMILES string of the molecule is COc1ccc(C(=O)N(C)C(C)c2cccc(S(N)(=O)=O)c2)cc1OC(F)F. The zero-order chi connectivity index (χ0) is 21.1. The van der Waals surface area contributed by atoms with Crippen molar-refractivity contribution in [2.45, 2.75) is 24.5 Å². The second-order valence-electron chi connectivity index (χ2n) is 5.95. The number of methoxy groups -OCH3 is 1. The third kappa shape index (κ3) is 4.96. The number of sulfonamides is 1. The van der Waals surface area contributed by atoms with Gasteiger partial charge in [-0.05, 0) is 42.8 Å². The van der Waals surface area contributed by atoms with E-state index in [-0.39, 0.29) is 22.0 Å². The fraction of sp³-hybridized carbons (Fsp3) is 0.278. The van der Waals surface area contributed by atoms with Gasteiger partial charge in [-0.15, -0.1) is 0 Å². The first-order valence-corrected chi connectivity index (χ1v) is 9.62. The monoisotopic (exact) mass is 414 g/mol. The number of alkyl halides is 2. The minimum Gasteiger partial charge on any atom is -0.493 e. The van der Waals surface area contributed by atoms with E-state index in [1.54, 1.807) is 13.0 Å². The molecule has 0 bridgehead atoms. The highest BCUT2D eigenvalue weighted by atomic mass is 32.2. The number of hydrogen-bond donors (Lipinski definition) is 1. The molecule has 2 aromatic rings. The first kappa shape index (κ1) is 21.6. The van der Waals surface area contributed by atoms with E-state index < -0.39 is 28.6 Å². The number of nitrogens with two attached hydrogens (primary N) is 1. The number of ether oxygens (including phenoxy) is 2. The highest BCUT2D eigenvalue weighted by Crippen LogP contribution is 2.31. The van der Waals surface area contributed by atoms with Crippen molar-refractivity contribution in [3.05, 3.63) is 53.6 Å². The smallest absolute Gasteiger partial charge is 0.387 e. The summed E-state index contributed by atoms with van der Waals surface area (Å²) in [6.45, 7) is -1.38. The van der Waals surface area contributed by atoms with Gasteiger partial charge in [-0.3, -0.25) is 4.79 Å². The van der Waals surface area contributed by atoms with Crippen molar-refractivity contribution in [3.8, 4) is 11.5 Å². The zero-order valence-electron chi connectivity index (χ0n) is 15.4. The van der Waals surface area contributed by atoms with Crippen molar-refractivity contribution in [1.29, 1.82) is 0 Å². The molecule has 0 aromatic heterocycles. The maximum Gasteiger partial charge on any atom is 0.387 e. The fourth-order valence-corrected chi connectivity index (χ4v) is 3.12. The van der Waals surface area contributed by atoms with Crippen molar-refractivity contribution in [2.24, 2.45) is 5.14 Å². The number of carbonyl (C=O) groups is 1. The van der Waals surface area contributed by atoms with E-state index in [2.05, 4.69) is 4.74 Å². The van der Waals surface area contributed by atoms with Gasteiger partial charge in [0, 0.05) is 12.6 Å². The lowest BCUT2D eigenvalue weighted by Gasteiger charge is -2.26. The summed E-state index contributed by atoms with van der Waals surface area (Å²) in [6.07, 6.45) is 0. The Morgan fingerprint density at radius 3 is 2.39 bits per heavy atom. The summed E-state index contributed by atoms with van der Waals surface area (Å²) < 4.78 is 57.6. The van der Waals surface area contributed by atoms with Crippen molar-refractivity contribution >= 4 is 15.9 Å². The van der Waals surface area contributed by atoms with Gasteiger partial charge in [0.05, 0.1) is 18.0 Å². The Hall–Kier alpha value is -2.72. The molecule has 1 unspecified atom stereocenters. The summed E-state index contributed by atoms with van der Waals surface area (Å²) in [7, 11) is -1.08. The number of halogens is 2. The largest absolute Gasteiger partial charge is 0.493 e. The lowest BCUT2D eigenvalue weighted by atomic mass is 10.1. The molecule has 0 aliphatic heterocycles. The summed E-state index contributed by atoms with van der Waals surface area (Å²) in [4.78, 5) is 14.0. The molecule has 1 amide bonds. The second-order valence-corrected chi connectivity index (χ2v) is 7.52. The summed E-state index contributed by atoms with van der Waals surface area (Å²) in [5.74, 6) is -0.677. The van der Waals surface area contributed by atoms with Gasteiger partial charge in [-0.1, -0.05) is 12.1 Å². The number of primary sulfonamides is 1. The Morgan fingerprint density at radius 1 is 1.14 bits per heavy atom. The van der Waals surface area contributed by atoms with Gasteiger partial charge in [0.15, 0.2) is 11.5 Å². The minimum atomic E-state index is -3.89. The van der Waals surface area contributed by atoms with Crippen LogP contribution in [0.5, 0.6) is 11.5 Å². The molecule has 0 saturated carbocycles. The number of amides is 1. The number of rotatable bonds is 7. The Labute approximate surface area is 161 Å². The van der Waals surface area contributed by atoms with Crippen LogP contribution in [0.3, 0.4) is 0 Å². The standard InChI is InChI=1S/C18H20F2N2O5S/c1-11(12-5-4-6-14(9-12)28(21,24)25)22(2)17(23)13-7-8-15(26-3)16(10-13)27-18(19)20/h4-11,18H,1-3H3,(H2,21,24,25). The molecular formula is C18H20F2N2O5S. The molecule has 10 heteroatoms. The second kappa shape index (κ2) is 8.53. The van der Waals surface area contributed by atoms with Crippen LogP contribution in [0.25, 0.3) is 0 Å². The van der Waals surface area contributed by atoms with Crippen LogP contribution in [0, 0.1) is 0 Å². The molecule has 0 heterocycles. The average Bonchev–Trinajstić information content (AvgIpc) is 2.65. The van der Waals surface area contributed by atoms with Crippen molar-refractivity contribution in [2.75, 3.05) is 14.2 Å². The van der Waals surface area contributed by atoms with E-state index in [1.807, 2.05) is 0 Å². The Bertz CT molecular complexity index is 966. The fourth-order valence-electron chi connectivity index (χ4n) is 2.55. The van der Waals surface area contributed by atoms with Crippen molar-refractivity contribution in [3.63, 3.8) is 0 Å². The minimum absolute atomic E-state index is 0.0633. The Kier molecular flexibility index (Phi) is 6.57. The predicted octanol–water partition coefficient (Wildman–Crippen LogP) is 2.78. The van der Waals surface area contributed by atoms with Crippen LogP contribution >= 0.6 is 0 Å². The van der Waals surface area contributed by atoms with Gasteiger partial charge in [0.2, 0.25) is 10.0 Å². The van der Waals surface area contributed by atoms with E-state index in [0.29, 0.717) is 5.56 Å². The molecule has 2 aromatic carbocycles. The number of nitrogens with zero attached hydrogens (tertiary/aromatic N) is 1. The van der Waals surface area contributed by atoms with Gasteiger partial charge in [-0.25, -0.2) is 13.6 Å². The van der Waals surface area contributed by atoms with E-state index in [1.165, 1.54) is 49.4 Å². The van der Waals surface area contributed by atoms with Crippen LogP contribution in [-0.2, 0) is 10.0 Å². The molecule has 0 saturated heterocycles. The first-order valence-electron chi connectivity index (χ1n) is 8.07. The third-order valence-corrected chi connectivity index (χ3v) is 5.11. The Balaban J connectivity index is 2.31. The maximum absolute atomic E-state index is 12.8. The van der Waals surface area contributed by atoms with Crippen LogP contribution < -0.4 is 14.6 Å². The molecule has 0 aliphatic rings. The molecule has 152 valence electrons. The normalized spacial score (nSPS) is 12.5. The lowest BCUT2D eigenvalue weighted by molar-refractivity contribution is -0.0512. The highest BCUT2D eigenvalue weighted by molar-refractivity contribution is 7.89. The summed E-state index contributed by atoms with van der Waals surface area (Å²) in [5, 5.41) is 5.14. The van der Waals surface area contributed by atoms with Crippen molar-refractivity contribution in [1.82, 2.24) is 4.90 Å². The molecule has 0 spiro atoms. The number of hydrogen-bond acceptors (Lipinski definition) is 5. The van der Waals surface area contributed by atoms with Gasteiger partial charge >= 0.3 is 6.61 Å². The topological polar surface area (TPSA) is 98.9 Å². The van der Waals surface area contributed by atoms with E-state index in [4.69, 9.17) is 9.88 Å². The van der Waals surface area contributed by atoms with E-state index in [9.17, 15) is 22.0 Å². The molecule has 0 aliphatic carbocycles. The van der Waals surface area contributed by atoms with Crippen LogP contribution in [0.4, 0.5) is 8.78 Å². The molecule has 0 fully saturated rings. The van der Waals surface area contributed by atoms with Gasteiger partial charge in [-0.2, -0.15) is 8.78 Å².